The smallest absolute Gasteiger partial charge is 0.302 e. The van der Waals surface area contributed by atoms with Crippen molar-refractivity contribution in [1.82, 2.24) is 14.5 Å². The lowest BCUT2D eigenvalue weighted by molar-refractivity contribution is 0.526. The molecule has 0 aliphatic heterocycles. The molecule has 0 bridgehead atoms. The van der Waals surface area contributed by atoms with Gasteiger partial charge < -0.3 is 5.32 Å². The fourth-order valence-electron chi connectivity index (χ4n) is 1.82. The van der Waals surface area contributed by atoms with Gasteiger partial charge in [0.2, 0.25) is 0 Å². The summed E-state index contributed by atoms with van der Waals surface area (Å²) in [6, 6.07) is 9.22. The highest BCUT2D eigenvalue weighted by atomic mass is 32.2. The van der Waals surface area contributed by atoms with Gasteiger partial charge in [-0.2, -0.15) is 12.7 Å². The number of hydrogen-bond donors (Lipinski definition) is 2. The van der Waals surface area contributed by atoms with Crippen LogP contribution in [0.4, 0.5) is 17.3 Å². The minimum absolute atomic E-state index is 0.167. The summed E-state index contributed by atoms with van der Waals surface area (Å²) in [5, 5.41) is 11.1. The van der Waals surface area contributed by atoms with Crippen molar-refractivity contribution in [2.24, 2.45) is 0 Å². The van der Waals surface area contributed by atoms with Gasteiger partial charge in [-0.1, -0.05) is 18.2 Å². The average Bonchev–Trinajstić information content (AvgIpc) is 2.44. The highest BCUT2D eigenvalue weighted by Crippen LogP contribution is 2.23. The third-order valence-electron chi connectivity index (χ3n) is 3.11. The van der Waals surface area contributed by atoms with E-state index in [1.165, 1.54) is 14.1 Å². The Morgan fingerprint density at radius 3 is 2.00 bits per heavy atom. The Labute approximate surface area is 130 Å². The van der Waals surface area contributed by atoms with Crippen LogP contribution in [0.3, 0.4) is 0 Å². The number of benzene rings is 1. The summed E-state index contributed by atoms with van der Waals surface area (Å²) in [6.07, 6.45) is 0. The first-order valence-electron chi connectivity index (χ1n) is 6.67. The Kier molecular flexibility index (Phi) is 4.62. The van der Waals surface area contributed by atoms with Crippen LogP contribution in [0.25, 0.3) is 0 Å². The second kappa shape index (κ2) is 6.29. The van der Waals surface area contributed by atoms with E-state index >= 15 is 0 Å². The lowest BCUT2D eigenvalue weighted by atomic mass is 10.1. The molecule has 0 atom stereocenters. The molecule has 8 heteroatoms. The largest absolute Gasteiger partial charge is 0.338 e. The van der Waals surface area contributed by atoms with Gasteiger partial charge in [0, 0.05) is 19.8 Å². The van der Waals surface area contributed by atoms with E-state index in [-0.39, 0.29) is 5.82 Å². The maximum absolute atomic E-state index is 11.7. The predicted octanol–water partition coefficient (Wildman–Crippen LogP) is 2.06. The van der Waals surface area contributed by atoms with Gasteiger partial charge in [0.15, 0.2) is 11.6 Å². The van der Waals surface area contributed by atoms with Crippen molar-refractivity contribution in [3.63, 3.8) is 0 Å². The van der Waals surface area contributed by atoms with Crippen molar-refractivity contribution in [3.8, 4) is 0 Å². The van der Waals surface area contributed by atoms with Gasteiger partial charge in [0.25, 0.3) is 0 Å². The monoisotopic (exact) mass is 321 g/mol. The van der Waals surface area contributed by atoms with E-state index in [0.29, 0.717) is 5.82 Å². The molecule has 7 nitrogen and oxygen atoms in total. The molecule has 0 saturated carbocycles. The molecule has 2 aromatic rings. The Morgan fingerprint density at radius 1 is 0.955 bits per heavy atom. The standard InChI is InChI=1S/C14H19N5O2S/c1-10-6-5-7-11(2)14(10)15-12-8-9-13(17-16-12)18-22(20,21)19(3)4/h5-9H,1-4H3,(H,15,16)(H,17,18). The van der Waals surface area contributed by atoms with E-state index in [4.69, 9.17) is 0 Å². The topological polar surface area (TPSA) is 87.2 Å². The summed E-state index contributed by atoms with van der Waals surface area (Å²) in [6.45, 7) is 4.00. The molecule has 118 valence electrons. The fourth-order valence-corrected chi connectivity index (χ4v) is 2.37. The molecular weight excluding hydrogens is 302 g/mol. The van der Waals surface area contributed by atoms with E-state index in [1.54, 1.807) is 12.1 Å². The molecule has 0 aliphatic rings. The second-order valence-corrected chi connectivity index (χ2v) is 6.97. The Morgan fingerprint density at radius 2 is 1.50 bits per heavy atom. The van der Waals surface area contributed by atoms with Gasteiger partial charge in [0.05, 0.1) is 0 Å². The highest BCUT2D eigenvalue weighted by Gasteiger charge is 2.14. The van der Waals surface area contributed by atoms with E-state index in [1.807, 2.05) is 32.0 Å². The van der Waals surface area contributed by atoms with Crippen molar-refractivity contribution >= 4 is 27.5 Å². The third kappa shape index (κ3) is 3.71. The molecule has 0 amide bonds. The number of rotatable bonds is 5. The van der Waals surface area contributed by atoms with Crippen molar-refractivity contribution in [2.75, 3.05) is 24.1 Å². The first-order valence-corrected chi connectivity index (χ1v) is 8.11. The zero-order valence-corrected chi connectivity index (χ0v) is 13.8. The highest BCUT2D eigenvalue weighted by molar-refractivity contribution is 7.90. The normalized spacial score (nSPS) is 11.5. The van der Waals surface area contributed by atoms with Crippen LogP contribution in [0, 0.1) is 13.8 Å². The number of nitrogens with one attached hydrogen (secondary N) is 2. The van der Waals surface area contributed by atoms with Crippen LogP contribution >= 0.6 is 0 Å². The van der Waals surface area contributed by atoms with Crippen molar-refractivity contribution < 1.29 is 8.42 Å². The molecule has 0 unspecified atom stereocenters. The van der Waals surface area contributed by atoms with Gasteiger partial charge in [-0.05, 0) is 37.1 Å². The third-order valence-corrected chi connectivity index (χ3v) is 4.54. The summed E-state index contributed by atoms with van der Waals surface area (Å²) in [7, 11) is -0.702. The number of aryl methyl sites for hydroxylation is 2. The quantitative estimate of drug-likeness (QED) is 0.880. The van der Waals surface area contributed by atoms with Gasteiger partial charge in [0.1, 0.15) is 0 Å². The maximum Gasteiger partial charge on any atom is 0.302 e. The number of hydrogen-bond acceptors (Lipinski definition) is 5. The molecule has 2 rings (SSSR count). The SMILES string of the molecule is Cc1cccc(C)c1Nc1ccc(NS(=O)(=O)N(C)C)nn1. The van der Waals surface area contributed by atoms with Gasteiger partial charge in [-0.3, -0.25) is 4.72 Å². The van der Waals surface area contributed by atoms with Crippen molar-refractivity contribution in [2.45, 2.75) is 13.8 Å². The maximum atomic E-state index is 11.7. The number of aromatic nitrogens is 2. The molecule has 22 heavy (non-hydrogen) atoms. The summed E-state index contributed by atoms with van der Waals surface area (Å²) < 4.78 is 26.8. The van der Waals surface area contributed by atoms with Crippen LogP contribution < -0.4 is 10.0 Å². The van der Waals surface area contributed by atoms with Gasteiger partial charge >= 0.3 is 10.2 Å². The fraction of sp³-hybridized carbons (Fsp3) is 0.286. The average molecular weight is 321 g/mol. The summed E-state index contributed by atoms with van der Waals surface area (Å²) in [5.74, 6) is 0.714. The lowest BCUT2D eigenvalue weighted by Gasteiger charge is -2.13. The Bertz CT molecular complexity index is 737. The van der Waals surface area contributed by atoms with E-state index in [2.05, 4.69) is 20.2 Å². The minimum Gasteiger partial charge on any atom is -0.338 e. The summed E-state index contributed by atoms with van der Waals surface area (Å²) >= 11 is 0. The van der Waals surface area contributed by atoms with Crippen molar-refractivity contribution in [1.29, 1.82) is 0 Å². The zero-order chi connectivity index (χ0) is 16.3. The lowest BCUT2D eigenvalue weighted by Crippen LogP contribution is -2.29. The molecule has 0 fully saturated rings. The molecule has 0 saturated heterocycles. The predicted molar refractivity (Wildman–Crippen MR) is 87.5 cm³/mol. The molecule has 0 radical (unpaired) electrons. The molecule has 1 heterocycles. The number of anilines is 3. The van der Waals surface area contributed by atoms with Gasteiger partial charge in [-0.25, -0.2) is 0 Å². The van der Waals surface area contributed by atoms with Crippen LogP contribution in [0.2, 0.25) is 0 Å². The Balaban J connectivity index is 2.16. The van der Waals surface area contributed by atoms with E-state index < -0.39 is 10.2 Å². The summed E-state index contributed by atoms with van der Waals surface area (Å²) in [4.78, 5) is 0. The van der Waals surface area contributed by atoms with Crippen molar-refractivity contribution in [3.05, 3.63) is 41.5 Å². The summed E-state index contributed by atoms with van der Waals surface area (Å²) in [5.41, 5.74) is 3.16. The van der Waals surface area contributed by atoms with Crippen LogP contribution in [0.1, 0.15) is 11.1 Å². The Hall–Kier alpha value is -2.19. The zero-order valence-electron chi connectivity index (χ0n) is 13.0. The second-order valence-electron chi connectivity index (χ2n) is 5.09. The molecular formula is C14H19N5O2S. The van der Waals surface area contributed by atoms with Crippen LogP contribution in [-0.4, -0.2) is 37.0 Å². The first kappa shape index (κ1) is 16.2. The van der Waals surface area contributed by atoms with Gasteiger partial charge in [-0.15, -0.1) is 10.2 Å². The van der Waals surface area contributed by atoms with Crippen LogP contribution in [0.5, 0.6) is 0 Å². The molecule has 0 spiro atoms. The first-order chi connectivity index (χ1) is 10.3. The molecule has 2 N–H and O–H groups in total. The minimum atomic E-state index is -3.58. The molecule has 1 aromatic carbocycles. The van der Waals surface area contributed by atoms with Crippen LogP contribution in [0.15, 0.2) is 30.3 Å². The van der Waals surface area contributed by atoms with E-state index in [0.717, 1.165) is 21.1 Å². The molecule has 1 aromatic heterocycles. The number of para-hydroxylation sites is 1. The molecule has 0 aliphatic carbocycles. The van der Waals surface area contributed by atoms with E-state index in [9.17, 15) is 8.42 Å². The number of nitrogens with zero attached hydrogens (tertiary/aromatic N) is 3. The van der Waals surface area contributed by atoms with Crippen LogP contribution in [-0.2, 0) is 10.2 Å².